The molecule has 0 saturated carbocycles. The number of ether oxygens (including phenoxy) is 2. The molecule has 0 unspecified atom stereocenters. The number of furan rings is 1. The first-order chi connectivity index (χ1) is 15.0. The van der Waals surface area contributed by atoms with Gasteiger partial charge in [-0.3, -0.25) is 4.79 Å². The number of rotatable bonds is 3. The summed E-state index contributed by atoms with van der Waals surface area (Å²) in [5.41, 5.74) is 0.654. The van der Waals surface area contributed by atoms with Gasteiger partial charge in [-0.15, -0.1) is 0 Å². The molecule has 2 aromatic carbocycles. The molecular weight excluding hydrogens is 420 g/mol. The van der Waals surface area contributed by atoms with Gasteiger partial charge in [-0.1, -0.05) is 18.2 Å². The van der Waals surface area contributed by atoms with E-state index < -0.39 is 10.0 Å². The van der Waals surface area contributed by atoms with Gasteiger partial charge in [-0.25, -0.2) is 8.42 Å². The lowest BCUT2D eigenvalue weighted by molar-refractivity contribution is 0.0668. The third kappa shape index (κ3) is 3.75. The van der Waals surface area contributed by atoms with Crippen LogP contribution in [0.1, 0.15) is 17.0 Å². The second-order valence-electron chi connectivity index (χ2n) is 7.50. The van der Waals surface area contributed by atoms with Crippen LogP contribution in [0.15, 0.2) is 57.8 Å². The molecule has 0 atom stereocenters. The monoisotopic (exact) mass is 442 g/mol. The lowest BCUT2D eigenvalue weighted by atomic mass is 10.2. The Labute approximate surface area is 180 Å². The average Bonchev–Trinajstić information content (AvgIpc) is 3.09. The summed E-state index contributed by atoms with van der Waals surface area (Å²) in [6, 6.07) is 13.8. The summed E-state index contributed by atoms with van der Waals surface area (Å²) in [5.74, 6) is 1.03. The molecule has 2 aliphatic heterocycles. The number of nitrogens with zero attached hydrogens (tertiary/aromatic N) is 2. The van der Waals surface area contributed by atoms with Gasteiger partial charge in [0.25, 0.3) is 5.91 Å². The maximum Gasteiger partial charge on any atom is 0.289 e. The van der Waals surface area contributed by atoms with E-state index in [0.29, 0.717) is 43.4 Å². The molecule has 1 fully saturated rings. The summed E-state index contributed by atoms with van der Waals surface area (Å²) in [6.07, 6.45) is 0.748. The number of sulfonamides is 1. The van der Waals surface area contributed by atoms with Gasteiger partial charge in [-0.2, -0.15) is 4.31 Å². The van der Waals surface area contributed by atoms with Crippen LogP contribution >= 0.6 is 0 Å². The van der Waals surface area contributed by atoms with E-state index in [1.165, 1.54) is 16.4 Å². The minimum absolute atomic E-state index is 0.161. The molecule has 5 rings (SSSR count). The van der Waals surface area contributed by atoms with Crippen molar-refractivity contribution in [3.05, 3.63) is 54.3 Å². The van der Waals surface area contributed by atoms with Crippen LogP contribution in [-0.2, 0) is 10.0 Å². The number of piperazine rings is 1. The van der Waals surface area contributed by atoms with E-state index in [0.717, 1.165) is 11.8 Å². The first-order valence-electron chi connectivity index (χ1n) is 10.2. The van der Waals surface area contributed by atoms with E-state index in [9.17, 15) is 13.2 Å². The highest BCUT2D eigenvalue weighted by molar-refractivity contribution is 7.89. The Balaban J connectivity index is 1.29. The Morgan fingerprint density at radius 1 is 0.871 bits per heavy atom. The lowest BCUT2D eigenvalue weighted by Crippen LogP contribution is -2.50. The molecular formula is C22H22N2O6S. The summed E-state index contributed by atoms with van der Waals surface area (Å²) in [7, 11) is -3.71. The van der Waals surface area contributed by atoms with E-state index in [1.807, 2.05) is 24.3 Å². The largest absolute Gasteiger partial charge is 0.490 e. The van der Waals surface area contributed by atoms with Crippen LogP contribution in [0.5, 0.6) is 11.5 Å². The lowest BCUT2D eigenvalue weighted by Gasteiger charge is -2.33. The number of fused-ring (bicyclic) bond motifs is 2. The zero-order valence-corrected chi connectivity index (χ0v) is 17.6. The maximum atomic E-state index is 13.1. The Hall–Kier alpha value is -3.04. The van der Waals surface area contributed by atoms with E-state index in [4.69, 9.17) is 13.9 Å². The van der Waals surface area contributed by atoms with Crippen LogP contribution in [0.4, 0.5) is 0 Å². The highest BCUT2D eigenvalue weighted by atomic mass is 32.2. The van der Waals surface area contributed by atoms with Gasteiger partial charge < -0.3 is 18.8 Å². The third-order valence-corrected chi connectivity index (χ3v) is 7.41. The zero-order chi connectivity index (χ0) is 21.4. The Bertz CT molecular complexity index is 1190. The SMILES string of the molecule is O=C(c1cc2ccccc2o1)N1CCN(S(=O)(=O)c2ccc3c(c2)OCCCO3)CC1. The molecule has 0 N–H and O–H groups in total. The van der Waals surface area contributed by atoms with E-state index in [1.54, 1.807) is 17.0 Å². The number of hydrogen-bond acceptors (Lipinski definition) is 6. The molecule has 8 nitrogen and oxygen atoms in total. The van der Waals surface area contributed by atoms with Gasteiger partial charge in [0, 0.05) is 44.1 Å². The van der Waals surface area contributed by atoms with Crippen molar-refractivity contribution in [1.82, 2.24) is 9.21 Å². The molecule has 0 radical (unpaired) electrons. The van der Waals surface area contributed by atoms with Crippen molar-refractivity contribution in [1.29, 1.82) is 0 Å². The standard InChI is InChI=1S/C22H22N2O6S/c25-22(21-14-16-4-1-2-5-18(16)30-21)23-8-10-24(11-9-23)31(26,27)17-6-7-19-20(15-17)29-13-3-12-28-19/h1-2,4-7,14-15H,3,8-13H2. The van der Waals surface area contributed by atoms with Gasteiger partial charge in [0.05, 0.1) is 18.1 Å². The molecule has 2 aliphatic rings. The number of benzene rings is 2. The number of carbonyl (C=O) groups is 1. The topological polar surface area (TPSA) is 89.3 Å². The van der Waals surface area contributed by atoms with Crippen molar-refractivity contribution in [2.75, 3.05) is 39.4 Å². The van der Waals surface area contributed by atoms with Crippen molar-refractivity contribution in [3.8, 4) is 11.5 Å². The highest BCUT2D eigenvalue weighted by Gasteiger charge is 2.32. The second kappa shape index (κ2) is 7.90. The van der Waals surface area contributed by atoms with E-state index >= 15 is 0 Å². The number of para-hydroxylation sites is 1. The van der Waals surface area contributed by atoms with Crippen molar-refractivity contribution in [2.24, 2.45) is 0 Å². The fraction of sp³-hybridized carbons (Fsp3) is 0.318. The summed E-state index contributed by atoms with van der Waals surface area (Å²) in [4.78, 5) is 14.6. The maximum absolute atomic E-state index is 13.1. The molecule has 162 valence electrons. The minimum atomic E-state index is -3.71. The van der Waals surface area contributed by atoms with E-state index in [2.05, 4.69) is 0 Å². The van der Waals surface area contributed by atoms with E-state index in [-0.39, 0.29) is 29.7 Å². The van der Waals surface area contributed by atoms with Crippen molar-refractivity contribution < 1.29 is 27.1 Å². The molecule has 1 amide bonds. The van der Waals surface area contributed by atoms with Gasteiger partial charge in [0.1, 0.15) is 5.58 Å². The third-order valence-electron chi connectivity index (χ3n) is 5.52. The molecule has 1 saturated heterocycles. The molecule has 3 heterocycles. The molecule has 0 aliphatic carbocycles. The fourth-order valence-corrected chi connectivity index (χ4v) is 5.27. The van der Waals surface area contributed by atoms with Gasteiger partial charge in [0.15, 0.2) is 17.3 Å². The molecule has 9 heteroatoms. The first-order valence-corrected chi connectivity index (χ1v) is 11.6. The number of amides is 1. The van der Waals surface area contributed by atoms with Gasteiger partial charge in [-0.05, 0) is 24.3 Å². The highest BCUT2D eigenvalue weighted by Crippen LogP contribution is 2.33. The van der Waals surface area contributed by atoms with Crippen LogP contribution in [0, 0.1) is 0 Å². The van der Waals surface area contributed by atoms with Crippen molar-refractivity contribution in [3.63, 3.8) is 0 Å². The number of hydrogen-bond donors (Lipinski definition) is 0. The zero-order valence-electron chi connectivity index (χ0n) is 16.8. The molecule has 31 heavy (non-hydrogen) atoms. The van der Waals surface area contributed by atoms with Crippen molar-refractivity contribution >= 4 is 26.9 Å². The van der Waals surface area contributed by atoms with Crippen LogP contribution in [0.25, 0.3) is 11.0 Å². The first kappa shape index (κ1) is 19.9. The quantitative estimate of drug-likeness (QED) is 0.620. The fourth-order valence-electron chi connectivity index (χ4n) is 3.83. The molecule has 0 bridgehead atoms. The second-order valence-corrected chi connectivity index (χ2v) is 9.44. The minimum Gasteiger partial charge on any atom is -0.490 e. The molecule has 1 aromatic heterocycles. The summed E-state index contributed by atoms with van der Waals surface area (Å²) in [6.45, 7) is 2.03. The Kier molecular flexibility index (Phi) is 5.07. The van der Waals surface area contributed by atoms with Crippen molar-refractivity contribution in [2.45, 2.75) is 11.3 Å². The predicted molar refractivity (Wildman–Crippen MR) is 113 cm³/mol. The van der Waals surface area contributed by atoms with Crippen LogP contribution in [0.3, 0.4) is 0 Å². The summed E-state index contributed by atoms with van der Waals surface area (Å²) in [5, 5.41) is 0.862. The van der Waals surface area contributed by atoms with Crippen LogP contribution < -0.4 is 9.47 Å². The number of carbonyl (C=O) groups excluding carboxylic acids is 1. The van der Waals surface area contributed by atoms with Crippen LogP contribution in [0.2, 0.25) is 0 Å². The molecule has 0 spiro atoms. The van der Waals surface area contributed by atoms with Crippen LogP contribution in [-0.4, -0.2) is 62.9 Å². The average molecular weight is 442 g/mol. The Morgan fingerprint density at radius 3 is 2.39 bits per heavy atom. The predicted octanol–water partition coefficient (Wildman–Crippen LogP) is 2.74. The van der Waals surface area contributed by atoms with Gasteiger partial charge in [0.2, 0.25) is 10.0 Å². The van der Waals surface area contributed by atoms with Gasteiger partial charge >= 0.3 is 0 Å². The Morgan fingerprint density at radius 2 is 1.61 bits per heavy atom. The normalized spacial score (nSPS) is 17.5. The summed E-state index contributed by atoms with van der Waals surface area (Å²) >= 11 is 0. The smallest absolute Gasteiger partial charge is 0.289 e. The summed E-state index contributed by atoms with van der Waals surface area (Å²) < 4.78 is 44.5. The molecule has 3 aromatic rings.